The average Bonchev–Trinajstić information content (AvgIpc) is 2.90. The van der Waals surface area contributed by atoms with Crippen LogP contribution in [0.2, 0.25) is 0 Å². The van der Waals surface area contributed by atoms with E-state index in [4.69, 9.17) is 4.42 Å². The number of nitrogens with zero attached hydrogens (tertiary/aromatic N) is 2. The third kappa shape index (κ3) is 2.51. The van der Waals surface area contributed by atoms with E-state index < -0.39 is 0 Å². The van der Waals surface area contributed by atoms with Gasteiger partial charge in [-0.15, -0.1) is 0 Å². The highest BCUT2D eigenvalue weighted by Gasteiger charge is 2.22. The summed E-state index contributed by atoms with van der Waals surface area (Å²) in [6, 6.07) is 6.54. The number of hydrogen-bond acceptors (Lipinski definition) is 4. The molecule has 0 aliphatic carbocycles. The van der Waals surface area contributed by atoms with Gasteiger partial charge in [0, 0.05) is 26.2 Å². The van der Waals surface area contributed by atoms with Crippen LogP contribution < -0.4 is 5.32 Å². The molecule has 1 aliphatic heterocycles. The van der Waals surface area contributed by atoms with Crippen molar-refractivity contribution < 1.29 is 4.42 Å². The highest BCUT2D eigenvalue weighted by molar-refractivity contribution is 5.73. The average molecular weight is 259 g/mol. The van der Waals surface area contributed by atoms with Crippen LogP contribution in [0.5, 0.6) is 0 Å². The second-order valence-corrected chi connectivity index (χ2v) is 5.17. The van der Waals surface area contributed by atoms with Gasteiger partial charge in [0.2, 0.25) is 5.89 Å². The van der Waals surface area contributed by atoms with Gasteiger partial charge >= 0.3 is 0 Å². The molecule has 1 N–H and O–H groups in total. The minimum atomic E-state index is 0.250. The van der Waals surface area contributed by atoms with Crippen LogP contribution in [-0.2, 0) is 6.42 Å². The minimum Gasteiger partial charge on any atom is -0.439 e. The van der Waals surface area contributed by atoms with E-state index in [0.717, 1.165) is 49.6 Å². The smallest absolute Gasteiger partial charge is 0.212 e. The van der Waals surface area contributed by atoms with Crippen molar-refractivity contribution >= 4 is 11.1 Å². The van der Waals surface area contributed by atoms with Gasteiger partial charge in [-0.2, -0.15) is 0 Å². The van der Waals surface area contributed by atoms with Crippen molar-refractivity contribution in [3.8, 4) is 0 Å². The van der Waals surface area contributed by atoms with E-state index in [1.165, 1.54) is 5.56 Å². The van der Waals surface area contributed by atoms with Crippen molar-refractivity contribution in [3.05, 3.63) is 29.7 Å². The number of aryl methyl sites for hydroxylation is 1. The Morgan fingerprint density at radius 3 is 2.89 bits per heavy atom. The monoisotopic (exact) mass is 259 g/mol. The highest BCUT2D eigenvalue weighted by atomic mass is 16.3. The van der Waals surface area contributed by atoms with Crippen molar-refractivity contribution in [2.24, 2.45) is 0 Å². The van der Waals surface area contributed by atoms with Crippen molar-refractivity contribution in [1.82, 2.24) is 15.2 Å². The van der Waals surface area contributed by atoms with Gasteiger partial charge < -0.3 is 9.73 Å². The molecule has 0 spiro atoms. The lowest BCUT2D eigenvalue weighted by Gasteiger charge is -2.30. The Hall–Kier alpha value is -1.39. The van der Waals surface area contributed by atoms with E-state index in [1.54, 1.807) is 0 Å². The van der Waals surface area contributed by atoms with Gasteiger partial charge in [-0.1, -0.05) is 13.0 Å². The second-order valence-electron chi connectivity index (χ2n) is 5.17. The Morgan fingerprint density at radius 2 is 2.16 bits per heavy atom. The van der Waals surface area contributed by atoms with Gasteiger partial charge in [0.25, 0.3) is 0 Å². The molecule has 0 saturated carbocycles. The number of oxazole rings is 1. The standard InChI is InChI=1S/C15H21N3O/c1-3-12-4-5-14-13(10-12)17-15(19-14)11(2)18-8-6-16-7-9-18/h4-5,10-11,16H,3,6-9H2,1-2H3. The Morgan fingerprint density at radius 1 is 1.37 bits per heavy atom. The fraction of sp³-hybridized carbons (Fsp3) is 0.533. The predicted molar refractivity (Wildman–Crippen MR) is 76.2 cm³/mol. The Balaban J connectivity index is 1.87. The van der Waals surface area contributed by atoms with E-state index in [9.17, 15) is 0 Å². The first-order valence-electron chi connectivity index (χ1n) is 7.12. The quantitative estimate of drug-likeness (QED) is 0.918. The molecule has 1 aromatic heterocycles. The van der Waals surface area contributed by atoms with E-state index in [1.807, 2.05) is 6.07 Å². The SMILES string of the molecule is CCc1ccc2oc(C(C)N3CCNCC3)nc2c1. The number of nitrogens with one attached hydrogen (secondary N) is 1. The van der Waals surface area contributed by atoms with Crippen molar-refractivity contribution in [2.45, 2.75) is 26.3 Å². The van der Waals surface area contributed by atoms with E-state index in [2.05, 4.69) is 41.2 Å². The van der Waals surface area contributed by atoms with Gasteiger partial charge in [0.1, 0.15) is 5.52 Å². The molecule has 3 rings (SSSR count). The first kappa shape index (κ1) is 12.6. The summed E-state index contributed by atoms with van der Waals surface area (Å²) in [6.45, 7) is 8.54. The predicted octanol–water partition coefficient (Wildman–Crippen LogP) is 2.36. The van der Waals surface area contributed by atoms with Crippen LogP contribution in [0.15, 0.2) is 22.6 Å². The van der Waals surface area contributed by atoms with Gasteiger partial charge in [0.15, 0.2) is 5.58 Å². The van der Waals surface area contributed by atoms with Crippen LogP contribution in [0.4, 0.5) is 0 Å². The zero-order valence-electron chi connectivity index (χ0n) is 11.6. The lowest BCUT2D eigenvalue weighted by atomic mass is 10.1. The summed E-state index contributed by atoms with van der Waals surface area (Å²) in [7, 11) is 0. The molecule has 1 atom stereocenters. The first-order valence-corrected chi connectivity index (χ1v) is 7.12. The number of piperazine rings is 1. The maximum Gasteiger partial charge on any atom is 0.212 e. The van der Waals surface area contributed by atoms with Crippen molar-refractivity contribution in [2.75, 3.05) is 26.2 Å². The van der Waals surface area contributed by atoms with Crippen LogP contribution in [-0.4, -0.2) is 36.1 Å². The molecular formula is C15H21N3O. The van der Waals surface area contributed by atoms with Crippen LogP contribution in [0.25, 0.3) is 11.1 Å². The van der Waals surface area contributed by atoms with Gasteiger partial charge in [-0.25, -0.2) is 4.98 Å². The topological polar surface area (TPSA) is 41.3 Å². The lowest BCUT2D eigenvalue weighted by Crippen LogP contribution is -2.44. The molecular weight excluding hydrogens is 238 g/mol. The van der Waals surface area contributed by atoms with Gasteiger partial charge in [-0.05, 0) is 31.0 Å². The van der Waals surface area contributed by atoms with Crippen LogP contribution >= 0.6 is 0 Å². The van der Waals surface area contributed by atoms with Crippen LogP contribution in [0.3, 0.4) is 0 Å². The van der Waals surface area contributed by atoms with E-state index in [-0.39, 0.29) is 6.04 Å². The molecule has 1 aromatic carbocycles. The molecule has 4 nitrogen and oxygen atoms in total. The molecule has 1 fully saturated rings. The zero-order valence-corrected chi connectivity index (χ0v) is 11.6. The normalized spacial score (nSPS) is 18.8. The molecule has 1 aliphatic rings. The molecule has 0 radical (unpaired) electrons. The molecule has 19 heavy (non-hydrogen) atoms. The summed E-state index contributed by atoms with van der Waals surface area (Å²) in [4.78, 5) is 7.09. The van der Waals surface area contributed by atoms with Crippen molar-refractivity contribution in [1.29, 1.82) is 0 Å². The fourth-order valence-corrected chi connectivity index (χ4v) is 2.62. The maximum atomic E-state index is 5.91. The molecule has 2 heterocycles. The highest BCUT2D eigenvalue weighted by Crippen LogP contribution is 2.25. The summed E-state index contributed by atoms with van der Waals surface area (Å²) in [5.74, 6) is 0.838. The Kier molecular flexibility index (Phi) is 3.53. The summed E-state index contributed by atoms with van der Waals surface area (Å²) >= 11 is 0. The third-order valence-electron chi connectivity index (χ3n) is 3.93. The summed E-state index contributed by atoms with van der Waals surface area (Å²) < 4.78 is 5.91. The molecule has 0 bridgehead atoms. The molecule has 2 aromatic rings. The van der Waals surface area contributed by atoms with E-state index >= 15 is 0 Å². The van der Waals surface area contributed by atoms with Crippen LogP contribution in [0, 0.1) is 0 Å². The van der Waals surface area contributed by atoms with Gasteiger partial charge in [0.05, 0.1) is 6.04 Å². The molecule has 0 amide bonds. The maximum absolute atomic E-state index is 5.91. The molecule has 1 unspecified atom stereocenters. The molecule has 4 heteroatoms. The number of rotatable bonds is 3. The number of aromatic nitrogens is 1. The van der Waals surface area contributed by atoms with Crippen molar-refractivity contribution in [3.63, 3.8) is 0 Å². The number of fused-ring (bicyclic) bond motifs is 1. The number of hydrogen-bond donors (Lipinski definition) is 1. The first-order chi connectivity index (χ1) is 9.28. The fourth-order valence-electron chi connectivity index (χ4n) is 2.62. The van der Waals surface area contributed by atoms with Gasteiger partial charge in [-0.3, -0.25) is 4.90 Å². The second kappa shape index (κ2) is 5.31. The number of benzene rings is 1. The zero-order chi connectivity index (χ0) is 13.2. The Bertz CT molecular complexity index is 558. The summed E-state index contributed by atoms with van der Waals surface area (Å²) in [5, 5.41) is 3.37. The minimum absolute atomic E-state index is 0.250. The van der Waals surface area contributed by atoms with Crippen LogP contribution in [0.1, 0.15) is 31.3 Å². The summed E-state index contributed by atoms with van der Waals surface area (Å²) in [6.07, 6.45) is 1.03. The Labute approximate surface area is 113 Å². The largest absolute Gasteiger partial charge is 0.439 e. The summed E-state index contributed by atoms with van der Waals surface area (Å²) in [5.41, 5.74) is 3.19. The lowest BCUT2D eigenvalue weighted by molar-refractivity contribution is 0.164. The molecule has 102 valence electrons. The van der Waals surface area contributed by atoms with E-state index in [0.29, 0.717) is 0 Å². The molecule has 1 saturated heterocycles. The third-order valence-corrected chi connectivity index (χ3v) is 3.93.